The van der Waals surface area contributed by atoms with E-state index in [1.165, 1.54) is 0 Å². The molecule has 0 bridgehead atoms. The molecule has 8 aliphatic rings. The lowest BCUT2D eigenvalue weighted by Crippen LogP contribution is -2.45. The summed E-state index contributed by atoms with van der Waals surface area (Å²) in [5.74, 6) is 3.52. The van der Waals surface area contributed by atoms with Gasteiger partial charge >= 0.3 is 11.9 Å². The molecule has 0 radical (unpaired) electrons. The molecule has 8 fully saturated rings. The van der Waals surface area contributed by atoms with E-state index < -0.39 is 0 Å². The molecule has 4 heteroatoms. The molecule has 2 aliphatic heterocycles. The number of esters is 2. The minimum absolute atomic E-state index is 0.0994. The van der Waals surface area contributed by atoms with E-state index in [1.807, 2.05) is 0 Å². The fourth-order valence-corrected chi connectivity index (χ4v) is 11.7. The van der Waals surface area contributed by atoms with Crippen molar-refractivity contribution in [2.45, 2.75) is 63.6 Å². The third kappa shape index (κ3) is 0.897. The first-order valence-electron chi connectivity index (χ1n) is 10.9. The van der Waals surface area contributed by atoms with Gasteiger partial charge in [0.05, 0.1) is 10.8 Å². The Kier molecular flexibility index (Phi) is 1.83. The molecule has 0 aromatic carbocycles. The Bertz CT molecular complexity index is 768. The van der Waals surface area contributed by atoms with Gasteiger partial charge in [-0.1, -0.05) is 0 Å². The number of hydrogen-bond donors (Lipinski definition) is 0. The number of carbonyl (C=O) groups is 2. The van der Waals surface area contributed by atoms with Crippen LogP contribution in [0.25, 0.3) is 0 Å². The summed E-state index contributed by atoms with van der Waals surface area (Å²) in [4.78, 5) is 26.8. The summed E-state index contributed by atoms with van der Waals surface area (Å²) in [6.07, 6.45) is 6.61. The van der Waals surface area contributed by atoms with Crippen molar-refractivity contribution in [1.29, 1.82) is 0 Å². The van der Waals surface area contributed by atoms with Crippen molar-refractivity contribution in [2.75, 3.05) is 0 Å². The van der Waals surface area contributed by atoms with E-state index in [0.717, 1.165) is 38.5 Å². The SMILES string of the molecule is C[C@]12C(=O)O[C@]34CCC[C@@H]3[C@@H]3[C@H]([C@@H]5[C@@H]1[C@@H]1CCC[C@]16OC(=O)[C@]3(C)[C@H]56)[C@H]42. The van der Waals surface area contributed by atoms with Crippen LogP contribution in [0, 0.1) is 58.2 Å². The van der Waals surface area contributed by atoms with Crippen LogP contribution in [0.5, 0.6) is 0 Å². The summed E-state index contributed by atoms with van der Waals surface area (Å²) in [6, 6.07) is 0. The van der Waals surface area contributed by atoms with Gasteiger partial charge in [0, 0.05) is 23.7 Å². The van der Waals surface area contributed by atoms with Gasteiger partial charge in [0.15, 0.2) is 0 Å². The highest BCUT2D eigenvalue weighted by atomic mass is 16.6. The van der Waals surface area contributed by atoms with E-state index in [-0.39, 0.29) is 34.0 Å². The molecule has 0 aromatic heterocycles. The summed E-state index contributed by atoms with van der Waals surface area (Å²) >= 11 is 0. The molecule has 0 unspecified atom stereocenters. The van der Waals surface area contributed by atoms with Gasteiger partial charge in [-0.15, -0.1) is 0 Å². The third-order valence-electron chi connectivity index (χ3n) is 11.5. The molecule has 2 heterocycles. The van der Waals surface area contributed by atoms with E-state index in [4.69, 9.17) is 9.47 Å². The van der Waals surface area contributed by atoms with E-state index in [9.17, 15) is 9.59 Å². The quantitative estimate of drug-likeness (QED) is 0.628. The Hall–Kier alpha value is -1.06. The molecule has 26 heavy (non-hydrogen) atoms. The average Bonchev–Trinajstić information content (AvgIpc) is 3.35. The van der Waals surface area contributed by atoms with Crippen LogP contribution >= 0.6 is 0 Å². The van der Waals surface area contributed by atoms with Crippen LogP contribution in [0.3, 0.4) is 0 Å². The zero-order valence-corrected chi connectivity index (χ0v) is 15.5. The summed E-state index contributed by atoms with van der Waals surface area (Å²) in [7, 11) is 0. The molecule has 0 aromatic rings. The fourth-order valence-electron chi connectivity index (χ4n) is 11.7. The van der Waals surface area contributed by atoms with Crippen molar-refractivity contribution < 1.29 is 19.1 Å². The standard InChI is InChI=1S/C22H26O4/c1-19-13-9-5-3-8-22(9)16-11(13)12-14(20(16,2)18(24)26-22)10-6-4-7-21(10,15(12)19)25-17(19)23/h9-16H,3-8H2,1-2H3/t9-,10+,11+,12-,13-,14+,15-,16-,19-,20-,21+,22-/m0/s1. The normalized spacial score (nSPS) is 72.7. The van der Waals surface area contributed by atoms with Gasteiger partial charge in [-0.05, 0) is 76.0 Å². The summed E-state index contributed by atoms with van der Waals surface area (Å²) < 4.78 is 12.8. The Morgan fingerprint density at radius 1 is 0.769 bits per heavy atom. The maximum atomic E-state index is 13.4. The monoisotopic (exact) mass is 354 g/mol. The van der Waals surface area contributed by atoms with Gasteiger partial charge in [-0.2, -0.15) is 0 Å². The lowest BCUT2D eigenvalue weighted by Gasteiger charge is -2.38. The molecule has 6 saturated carbocycles. The maximum absolute atomic E-state index is 13.4. The Morgan fingerprint density at radius 2 is 1.19 bits per heavy atom. The highest BCUT2D eigenvalue weighted by molar-refractivity contribution is 5.86. The first kappa shape index (κ1) is 14.0. The maximum Gasteiger partial charge on any atom is 0.313 e. The minimum Gasteiger partial charge on any atom is -0.458 e. The highest BCUT2D eigenvalue weighted by Crippen LogP contribution is 2.90. The predicted molar refractivity (Wildman–Crippen MR) is 89.5 cm³/mol. The Labute approximate surface area is 153 Å². The van der Waals surface area contributed by atoms with Crippen LogP contribution in [-0.2, 0) is 19.1 Å². The number of ether oxygens (including phenoxy) is 2. The van der Waals surface area contributed by atoms with Gasteiger partial charge in [0.2, 0.25) is 0 Å². The topological polar surface area (TPSA) is 52.6 Å². The van der Waals surface area contributed by atoms with E-state index in [0.29, 0.717) is 47.3 Å². The predicted octanol–water partition coefficient (Wildman–Crippen LogP) is 2.94. The second kappa shape index (κ2) is 3.39. The van der Waals surface area contributed by atoms with Crippen molar-refractivity contribution >= 4 is 11.9 Å². The number of rotatable bonds is 0. The van der Waals surface area contributed by atoms with Gasteiger partial charge in [-0.25, -0.2) is 0 Å². The zero-order valence-electron chi connectivity index (χ0n) is 15.5. The number of fused-ring (bicyclic) bond motifs is 4. The van der Waals surface area contributed by atoms with Crippen molar-refractivity contribution in [2.24, 2.45) is 58.2 Å². The summed E-state index contributed by atoms with van der Waals surface area (Å²) in [6.45, 7) is 4.50. The largest absolute Gasteiger partial charge is 0.458 e. The molecule has 8 rings (SSSR count). The second-order valence-electron chi connectivity index (χ2n) is 11.4. The highest BCUT2D eigenvalue weighted by Gasteiger charge is 2.95. The molecule has 0 N–H and O–H groups in total. The molecular weight excluding hydrogens is 328 g/mol. The van der Waals surface area contributed by atoms with Crippen molar-refractivity contribution in [3.05, 3.63) is 0 Å². The Morgan fingerprint density at radius 3 is 1.62 bits per heavy atom. The fraction of sp³-hybridized carbons (Fsp3) is 0.909. The third-order valence-corrected chi connectivity index (χ3v) is 11.5. The van der Waals surface area contributed by atoms with Gasteiger partial charge in [-0.3, -0.25) is 9.59 Å². The van der Waals surface area contributed by atoms with Crippen molar-refractivity contribution in [1.82, 2.24) is 0 Å². The lowest BCUT2D eigenvalue weighted by atomic mass is 9.63. The summed E-state index contributed by atoms with van der Waals surface area (Å²) in [5.41, 5.74) is -1.15. The molecular formula is C22H26O4. The average molecular weight is 354 g/mol. The van der Waals surface area contributed by atoms with Gasteiger partial charge in [0.25, 0.3) is 0 Å². The van der Waals surface area contributed by atoms with Crippen molar-refractivity contribution in [3.8, 4) is 0 Å². The van der Waals surface area contributed by atoms with E-state index >= 15 is 0 Å². The van der Waals surface area contributed by atoms with Crippen LogP contribution in [0.1, 0.15) is 52.4 Å². The van der Waals surface area contributed by atoms with Gasteiger partial charge < -0.3 is 9.47 Å². The molecule has 4 nitrogen and oxygen atoms in total. The smallest absolute Gasteiger partial charge is 0.313 e. The van der Waals surface area contributed by atoms with E-state index in [2.05, 4.69) is 13.8 Å². The Balaban J connectivity index is 1.49. The number of carbonyl (C=O) groups excluding carboxylic acids is 2. The van der Waals surface area contributed by atoms with Crippen molar-refractivity contribution in [3.63, 3.8) is 0 Å². The minimum atomic E-state index is -0.327. The van der Waals surface area contributed by atoms with Crippen LogP contribution in [0.15, 0.2) is 0 Å². The molecule has 0 amide bonds. The zero-order chi connectivity index (χ0) is 17.4. The first-order chi connectivity index (χ1) is 12.4. The number of hydrogen-bond acceptors (Lipinski definition) is 4. The van der Waals surface area contributed by atoms with Crippen LogP contribution < -0.4 is 0 Å². The molecule has 2 spiro atoms. The second-order valence-corrected chi connectivity index (χ2v) is 11.4. The summed E-state index contributed by atoms with van der Waals surface area (Å²) in [5, 5.41) is 0. The lowest BCUT2D eigenvalue weighted by molar-refractivity contribution is -0.165. The van der Waals surface area contributed by atoms with Crippen LogP contribution in [0.2, 0.25) is 0 Å². The van der Waals surface area contributed by atoms with Crippen LogP contribution in [-0.4, -0.2) is 23.1 Å². The molecule has 138 valence electrons. The first-order valence-corrected chi connectivity index (χ1v) is 10.9. The molecule has 12 atom stereocenters. The van der Waals surface area contributed by atoms with Gasteiger partial charge in [0.1, 0.15) is 11.2 Å². The van der Waals surface area contributed by atoms with E-state index in [1.54, 1.807) is 0 Å². The molecule has 6 aliphatic carbocycles. The van der Waals surface area contributed by atoms with Crippen LogP contribution in [0.4, 0.5) is 0 Å². The molecule has 2 saturated heterocycles.